The standard InChI is InChI=1S/C24H26N2O5/c27-11-10-25-13-16-4-6-17(7-5-16)15-31-23-3-1-2-19-20(23)14-26(24(19)30)21-9-8-18(28)12-22(21)29/h1-7,21,25,27H,8-15H2. The summed E-state index contributed by atoms with van der Waals surface area (Å²) >= 11 is 0. The molecule has 1 amide bonds. The van der Waals surface area contributed by atoms with Crippen LogP contribution in [0.3, 0.4) is 0 Å². The summed E-state index contributed by atoms with van der Waals surface area (Å²) in [5.41, 5.74) is 3.48. The SMILES string of the molecule is O=C1CCC(N2Cc3c(OCc4ccc(CNCCO)cc4)cccc3C2=O)C(=O)C1. The number of aliphatic hydroxyl groups excluding tert-OH is 1. The highest BCUT2D eigenvalue weighted by Crippen LogP contribution is 2.34. The van der Waals surface area contributed by atoms with E-state index < -0.39 is 6.04 Å². The quantitative estimate of drug-likeness (QED) is 0.499. The van der Waals surface area contributed by atoms with Gasteiger partial charge in [-0.25, -0.2) is 0 Å². The van der Waals surface area contributed by atoms with E-state index in [1.54, 1.807) is 17.0 Å². The van der Waals surface area contributed by atoms with Gasteiger partial charge in [0.1, 0.15) is 18.1 Å². The minimum Gasteiger partial charge on any atom is -0.489 e. The Morgan fingerprint density at radius 3 is 2.58 bits per heavy atom. The molecule has 1 heterocycles. The second-order valence-corrected chi connectivity index (χ2v) is 7.96. The lowest BCUT2D eigenvalue weighted by molar-refractivity contribution is -0.133. The van der Waals surface area contributed by atoms with Gasteiger partial charge in [-0.1, -0.05) is 30.3 Å². The predicted molar refractivity (Wildman–Crippen MR) is 114 cm³/mol. The predicted octanol–water partition coefficient (Wildman–Crippen LogP) is 1.99. The second kappa shape index (κ2) is 9.41. The normalized spacial score (nSPS) is 18.4. The van der Waals surface area contributed by atoms with Gasteiger partial charge in [0.05, 0.1) is 25.6 Å². The summed E-state index contributed by atoms with van der Waals surface area (Å²) < 4.78 is 6.03. The Bertz CT molecular complexity index is 986. The first kappa shape index (κ1) is 21.2. The topological polar surface area (TPSA) is 95.9 Å². The Morgan fingerprint density at radius 1 is 1.06 bits per heavy atom. The zero-order valence-electron chi connectivity index (χ0n) is 17.3. The Labute approximate surface area is 181 Å². The average molecular weight is 422 g/mol. The van der Waals surface area contributed by atoms with E-state index in [9.17, 15) is 14.4 Å². The highest BCUT2D eigenvalue weighted by atomic mass is 16.5. The van der Waals surface area contributed by atoms with Crippen LogP contribution in [0.4, 0.5) is 0 Å². The molecule has 1 saturated carbocycles. The van der Waals surface area contributed by atoms with Crippen molar-refractivity contribution in [3.05, 3.63) is 64.7 Å². The van der Waals surface area contributed by atoms with E-state index in [2.05, 4.69) is 5.32 Å². The highest BCUT2D eigenvalue weighted by Gasteiger charge is 2.39. The number of ether oxygens (including phenoxy) is 1. The molecule has 0 aromatic heterocycles. The van der Waals surface area contributed by atoms with Crippen LogP contribution < -0.4 is 10.1 Å². The van der Waals surface area contributed by atoms with Crippen molar-refractivity contribution in [3.8, 4) is 5.75 Å². The van der Waals surface area contributed by atoms with E-state index in [0.717, 1.165) is 16.7 Å². The molecule has 0 bridgehead atoms. The fraction of sp³-hybridized carbons (Fsp3) is 0.375. The fourth-order valence-electron chi connectivity index (χ4n) is 4.13. The van der Waals surface area contributed by atoms with E-state index in [1.165, 1.54) is 0 Å². The number of benzene rings is 2. The van der Waals surface area contributed by atoms with Gasteiger partial charge in [-0.3, -0.25) is 14.4 Å². The monoisotopic (exact) mass is 422 g/mol. The number of fused-ring (bicyclic) bond motifs is 1. The summed E-state index contributed by atoms with van der Waals surface area (Å²) in [6, 6.07) is 12.9. The zero-order valence-corrected chi connectivity index (χ0v) is 17.3. The number of aliphatic hydroxyl groups is 1. The maximum atomic E-state index is 12.9. The molecule has 0 spiro atoms. The number of hydrogen-bond acceptors (Lipinski definition) is 6. The number of amides is 1. The smallest absolute Gasteiger partial charge is 0.255 e. The zero-order chi connectivity index (χ0) is 21.8. The Hall–Kier alpha value is -3.03. The van der Waals surface area contributed by atoms with Crippen LogP contribution in [-0.4, -0.2) is 46.7 Å². The van der Waals surface area contributed by atoms with Crippen molar-refractivity contribution >= 4 is 17.5 Å². The molecule has 1 aliphatic heterocycles. The maximum Gasteiger partial charge on any atom is 0.255 e. The average Bonchev–Trinajstić information content (AvgIpc) is 3.10. The number of ketones is 2. The van der Waals surface area contributed by atoms with Gasteiger partial charge in [0.15, 0.2) is 5.78 Å². The van der Waals surface area contributed by atoms with Crippen LogP contribution in [-0.2, 0) is 29.3 Å². The number of carbonyl (C=O) groups is 3. The highest BCUT2D eigenvalue weighted by molar-refractivity contribution is 6.07. The molecule has 0 saturated heterocycles. The van der Waals surface area contributed by atoms with Crippen LogP contribution in [0, 0.1) is 0 Å². The summed E-state index contributed by atoms with van der Waals surface area (Å²) in [5, 5.41) is 12.0. The Morgan fingerprint density at radius 2 is 1.84 bits per heavy atom. The first-order valence-corrected chi connectivity index (χ1v) is 10.6. The molecule has 0 radical (unpaired) electrons. The van der Waals surface area contributed by atoms with Crippen molar-refractivity contribution in [2.75, 3.05) is 13.2 Å². The van der Waals surface area contributed by atoms with Gasteiger partial charge >= 0.3 is 0 Å². The van der Waals surface area contributed by atoms with E-state index in [1.807, 2.05) is 30.3 Å². The van der Waals surface area contributed by atoms with Gasteiger partial charge < -0.3 is 20.1 Å². The van der Waals surface area contributed by atoms with Crippen LogP contribution in [0.2, 0.25) is 0 Å². The molecule has 31 heavy (non-hydrogen) atoms. The minimum absolute atomic E-state index is 0.0513. The Kier molecular flexibility index (Phi) is 6.44. The molecule has 1 aliphatic carbocycles. The van der Waals surface area contributed by atoms with Crippen LogP contribution in [0.5, 0.6) is 5.75 Å². The fourth-order valence-corrected chi connectivity index (χ4v) is 4.13. The van der Waals surface area contributed by atoms with Crippen molar-refractivity contribution in [3.63, 3.8) is 0 Å². The van der Waals surface area contributed by atoms with E-state index in [4.69, 9.17) is 9.84 Å². The number of nitrogens with one attached hydrogen (secondary N) is 1. The molecular weight excluding hydrogens is 396 g/mol. The number of nitrogens with zero attached hydrogens (tertiary/aromatic N) is 1. The van der Waals surface area contributed by atoms with Crippen molar-refractivity contribution in [1.29, 1.82) is 0 Å². The third-order valence-electron chi connectivity index (χ3n) is 5.80. The molecule has 162 valence electrons. The third-order valence-corrected chi connectivity index (χ3v) is 5.80. The van der Waals surface area contributed by atoms with Crippen LogP contribution in [0.25, 0.3) is 0 Å². The summed E-state index contributed by atoms with van der Waals surface area (Å²) in [5.74, 6) is 0.243. The summed E-state index contributed by atoms with van der Waals surface area (Å²) in [6.07, 6.45) is 0.651. The number of rotatable bonds is 8. The van der Waals surface area contributed by atoms with Gasteiger partial charge in [0, 0.05) is 30.6 Å². The van der Waals surface area contributed by atoms with Crippen LogP contribution in [0.15, 0.2) is 42.5 Å². The van der Waals surface area contributed by atoms with E-state index in [-0.39, 0.29) is 30.5 Å². The van der Waals surface area contributed by atoms with Gasteiger partial charge in [0.25, 0.3) is 5.91 Å². The molecular formula is C24H26N2O5. The van der Waals surface area contributed by atoms with Gasteiger partial charge in [-0.2, -0.15) is 0 Å². The molecule has 7 nitrogen and oxygen atoms in total. The largest absolute Gasteiger partial charge is 0.489 e. The summed E-state index contributed by atoms with van der Waals surface area (Å²) in [4.78, 5) is 38.4. The number of carbonyl (C=O) groups excluding carboxylic acids is 3. The van der Waals surface area contributed by atoms with Crippen molar-refractivity contribution in [1.82, 2.24) is 10.2 Å². The summed E-state index contributed by atoms with van der Waals surface area (Å²) in [7, 11) is 0. The van der Waals surface area contributed by atoms with Crippen molar-refractivity contribution in [2.24, 2.45) is 0 Å². The molecule has 2 aromatic rings. The molecule has 1 atom stereocenters. The molecule has 4 rings (SSSR count). The first-order chi connectivity index (χ1) is 15.1. The van der Waals surface area contributed by atoms with Crippen LogP contribution in [0.1, 0.15) is 46.3 Å². The van der Waals surface area contributed by atoms with Gasteiger partial charge in [-0.05, 0) is 29.7 Å². The number of hydrogen-bond donors (Lipinski definition) is 2. The van der Waals surface area contributed by atoms with Crippen LogP contribution >= 0.6 is 0 Å². The lowest BCUT2D eigenvalue weighted by Gasteiger charge is -2.29. The second-order valence-electron chi connectivity index (χ2n) is 7.96. The van der Waals surface area contributed by atoms with Crippen molar-refractivity contribution < 1.29 is 24.2 Å². The van der Waals surface area contributed by atoms with Gasteiger partial charge in [-0.15, -0.1) is 0 Å². The van der Waals surface area contributed by atoms with E-state index in [0.29, 0.717) is 50.4 Å². The van der Waals surface area contributed by atoms with Crippen molar-refractivity contribution in [2.45, 2.75) is 45.0 Å². The maximum absolute atomic E-state index is 12.9. The molecule has 2 N–H and O–H groups in total. The molecule has 7 heteroatoms. The lowest BCUT2D eigenvalue weighted by atomic mass is 9.92. The lowest BCUT2D eigenvalue weighted by Crippen LogP contribution is -2.44. The molecule has 1 unspecified atom stereocenters. The molecule has 2 aliphatic rings. The first-order valence-electron chi connectivity index (χ1n) is 10.6. The molecule has 1 fully saturated rings. The molecule has 2 aromatic carbocycles. The Balaban J connectivity index is 1.42. The minimum atomic E-state index is -0.530. The summed E-state index contributed by atoms with van der Waals surface area (Å²) in [6.45, 7) is 2.05. The van der Waals surface area contributed by atoms with E-state index >= 15 is 0 Å². The number of Topliss-reactive ketones (excluding diaryl/α,β-unsaturated/α-hetero) is 2. The third kappa shape index (κ3) is 4.68. The van der Waals surface area contributed by atoms with Gasteiger partial charge in [0.2, 0.25) is 0 Å².